The second kappa shape index (κ2) is 6.50. The van der Waals surface area contributed by atoms with Crippen LogP contribution in [0.25, 0.3) is 0 Å². The van der Waals surface area contributed by atoms with Gasteiger partial charge in [0.15, 0.2) is 0 Å². The van der Waals surface area contributed by atoms with Crippen LogP contribution in [0.3, 0.4) is 0 Å². The molecular weight excluding hydrogens is 292 g/mol. The molecule has 1 N–H and O–H groups in total. The normalized spacial score (nSPS) is 21.5. The van der Waals surface area contributed by atoms with Crippen molar-refractivity contribution >= 4 is 11.9 Å². The zero-order valence-corrected chi connectivity index (χ0v) is 13.2. The second-order valence-corrected chi connectivity index (χ2v) is 5.86. The third-order valence-electron chi connectivity index (χ3n) is 4.09. The van der Waals surface area contributed by atoms with E-state index >= 15 is 0 Å². The van der Waals surface area contributed by atoms with Crippen molar-refractivity contribution in [2.75, 3.05) is 6.54 Å². The fourth-order valence-electron chi connectivity index (χ4n) is 2.60. The fourth-order valence-corrected chi connectivity index (χ4v) is 2.60. The molecule has 1 heterocycles. The van der Waals surface area contributed by atoms with Crippen LogP contribution in [0, 0.1) is 35.5 Å². The third-order valence-corrected chi connectivity index (χ3v) is 4.09. The van der Waals surface area contributed by atoms with E-state index < -0.39 is 17.5 Å². The fraction of sp³-hybridized carbons (Fsp3) is 0.412. The summed E-state index contributed by atoms with van der Waals surface area (Å²) >= 11 is 0. The van der Waals surface area contributed by atoms with E-state index in [0.29, 0.717) is 12.0 Å². The van der Waals surface area contributed by atoms with Crippen LogP contribution in [-0.4, -0.2) is 23.4 Å². The maximum atomic E-state index is 12.7. The number of urea groups is 1. The molecule has 0 saturated carbocycles. The van der Waals surface area contributed by atoms with E-state index in [-0.39, 0.29) is 18.9 Å². The molecule has 23 heavy (non-hydrogen) atoms. The molecular formula is C17H18N4O2. The predicted octanol–water partition coefficient (Wildman–Crippen LogP) is 2.21. The number of amides is 3. The number of benzene rings is 1. The van der Waals surface area contributed by atoms with Crippen LogP contribution in [-0.2, 0) is 10.3 Å². The van der Waals surface area contributed by atoms with Gasteiger partial charge in [-0.1, -0.05) is 29.8 Å². The van der Waals surface area contributed by atoms with Crippen molar-refractivity contribution in [2.24, 2.45) is 5.92 Å². The number of rotatable bonds is 5. The van der Waals surface area contributed by atoms with Crippen molar-refractivity contribution < 1.29 is 9.59 Å². The van der Waals surface area contributed by atoms with Crippen LogP contribution in [0.5, 0.6) is 0 Å². The summed E-state index contributed by atoms with van der Waals surface area (Å²) in [5.41, 5.74) is 0.640. The molecule has 3 amide bonds. The van der Waals surface area contributed by atoms with E-state index in [9.17, 15) is 9.59 Å². The molecule has 1 aliphatic rings. The predicted molar refractivity (Wildman–Crippen MR) is 82.7 cm³/mol. The van der Waals surface area contributed by atoms with Gasteiger partial charge < -0.3 is 5.32 Å². The van der Waals surface area contributed by atoms with Crippen LogP contribution in [0.4, 0.5) is 4.79 Å². The lowest BCUT2D eigenvalue weighted by Crippen LogP contribution is -2.41. The first kappa shape index (κ1) is 16.5. The number of aryl methyl sites for hydroxylation is 1. The summed E-state index contributed by atoms with van der Waals surface area (Å²) in [5, 5.41) is 20.5. The van der Waals surface area contributed by atoms with Crippen molar-refractivity contribution in [3.8, 4) is 12.1 Å². The highest BCUT2D eigenvalue weighted by molar-refractivity contribution is 6.07. The topological polar surface area (TPSA) is 97.0 Å². The first-order valence-corrected chi connectivity index (χ1v) is 7.40. The standard InChI is InChI=1S/C17H18N4O2/c1-12-5-7-14(8-6-12)17(2)15(22)21(16(23)20-17)11-13(10-19)4-3-9-18/h5-8,13H,3-4,11H2,1-2H3,(H,20,23)/t13-,17+/m0/s1. The summed E-state index contributed by atoms with van der Waals surface area (Å²) in [4.78, 5) is 26.0. The van der Waals surface area contributed by atoms with Crippen molar-refractivity contribution in [2.45, 2.75) is 32.2 Å². The molecule has 0 aliphatic carbocycles. The van der Waals surface area contributed by atoms with Gasteiger partial charge in [0.1, 0.15) is 5.54 Å². The Balaban J connectivity index is 2.21. The van der Waals surface area contributed by atoms with Gasteiger partial charge in [0, 0.05) is 13.0 Å². The molecule has 0 spiro atoms. The Morgan fingerprint density at radius 1 is 1.26 bits per heavy atom. The molecule has 6 nitrogen and oxygen atoms in total. The highest BCUT2D eigenvalue weighted by atomic mass is 16.2. The number of nitrogens with zero attached hydrogens (tertiary/aromatic N) is 3. The Hall–Kier alpha value is -2.86. The molecule has 1 aliphatic heterocycles. The highest BCUT2D eigenvalue weighted by Gasteiger charge is 2.49. The third kappa shape index (κ3) is 3.17. The van der Waals surface area contributed by atoms with E-state index in [0.717, 1.165) is 10.5 Å². The Kier molecular flexibility index (Phi) is 4.66. The van der Waals surface area contributed by atoms with Crippen LogP contribution in [0.15, 0.2) is 24.3 Å². The maximum Gasteiger partial charge on any atom is 0.325 e. The van der Waals surface area contributed by atoms with E-state index in [4.69, 9.17) is 10.5 Å². The Morgan fingerprint density at radius 2 is 1.91 bits per heavy atom. The zero-order valence-electron chi connectivity index (χ0n) is 13.2. The van der Waals surface area contributed by atoms with Gasteiger partial charge in [-0.2, -0.15) is 10.5 Å². The van der Waals surface area contributed by atoms with Crippen LogP contribution < -0.4 is 5.32 Å². The molecule has 2 rings (SSSR count). The molecule has 2 atom stereocenters. The molecule has 1 aromatic carbocycles. The number of nitrogens with one attached hydrogen (secondary N) is 1. The monoisotopic (exact) mass is 310 g/mol. The SMILES string of the molecule is Cc1ccc([C@@]2(C)NC(=O)N(C[C@H](C#N)CCC#N)C2=O)cc1. The van der Waals surface area contributed by atoms with Gasteiger partial charge in [0.25, 0.3) is 5.91 Å². The maximum absolute atomic E-state index is 12.7. The van der Waals surface area contributed by atoms with Gasteiger partial charge in [-0.05, 0) is 25.8 Å². The van der Waals surface area contributed by atoms with Crippen LogP contribution in [0.2, 0.25) is 0 Å². The smallest absolute Gasteiger partial charge is 0.319 e. The van der Waals surface area contributed by atoms with Crippen molar-refractivity contribution in [3.05, 3.63) is 35.4 Å². The van der Waals surface area contributed by atoms with Crippen LogP contribution >= 0.6 is 0 Å². The second-order valence-electron chi connectivity index (χ2n) is 5.86. The first-order valence-electron chi connectivity index (χ1n) is 7.40. The van der Waals surface area contributed by atoms with Gasteiger partial charge in [0.2, 0.25) is 0 Å². The average molecular weight is 310 g/mol. The van der Waals surface area contributed by atoms with Gasteiger partial charge >= 0.3 is 6.03 Å². The van der Waals surface area contributed by atoms with E-state index in [2.05, 4.69) is 11.4 Å². The number of nitriles is 2. The largest absolute Gasteiger partial charge is 0.325 e. The number of carbonyl (C=O) groups excluding carboxylic acids is 2. The quantitative estimate of drug-likeness (QED) is 0.843. The number of hydrogen-bond acceptors (Lipinski definition) is 4. The Bertz CT molecular complexity index is 699. The molecule has 1 saturated heterocycles. The van der Waals surface area contributed by atoms with Gasteiger partial charge in [-0.3, -0.25) is 9.69 Å². The summed E-state index contributed by atoms with van der Waals surface area (Å²) in [6.07, 6.45) is 0.558. The molecule has 1 fully saturated rings. The Morgan fingerprint density at radius 3 is 2.48 bits per heavy atom. The average Bonchev–Trinajstić information content (AvgIpc) is 2.75. The molecule has 1 aromatic rings. The Labute approximate surface area is 135 Å². The summed E-state index contributed by atoms with van der Waals surface area (Å²) in [6.45, 7) is 3.61. The lowest BCUT2D eigenvalue weighted by atomic mass is 9.91. The lowest BCUT2D eigenvalue weighted by molar-refractivity contribution is -0.131. The minimum atomic E-state index is -1.12. The van der Waals surface area contributed by atoms with E-state index in [1.54, 1.807) is 6.92 Å². The lowest BCUT2D eigenvalue weighted by Gasteiger charge is -2.23. The highest BCUT2D eigenvalue weighted by Crippen LogP contribution is 2.29. The zero-order chi connectivity index (χ0) is 17.0. The van der Waals surface area contributed by atoms with Crippen molar-refractivity contribution in [3.63, 3.8) is 0 Å². The van der Waals surface area contributed by atoms with E-state index in [1.807, 2.05) is 37.3 Å². The first-order chi connectivity index (χ1) is 10.9. The van der Waals surface area contributed by atoms with Crippen molar-refractivity contribution in [1.29, 1.82) is 10.5 Å². The molecule has 6 heteroatoms. The minimum absolute atomic E-state index is 0.00426. The molecule has 0 radical (unpaired) electrons. The number of hydrogen-bond donors (Lipinski definition) is 1. The van der Waals surface area contributed by atoms with E-state index in [1.165, 1.54) is 0 Å². The number of carbonyl (C=O) groups is 2. The number of imide groups is 1. The van der Waals surface area contributed by atoms with Gasteiger partial charge in [0.05, 0.1) is 18.1 Å². The molecule has 0 aromatic heterocycles. The summed E-state index contributed by atoms with van der Waals surface area (Å²) in [7, 11) is 0. The summed E-state index contributed by atoms with van der Waals surface area (Å²) in [5.74, 6) is -0.909. The molecule has 0 bridgehead atoms. The summed E-state index contributed by atoms with van der Waals surface area (Å²) in [6, 6.07) is 10.9. The van der Waals surface area contributed by atoms with Crippen molar-refractivity contribution in [1.82, 2.24) is 10.2 Å². The molecule has 0 unspecified atom stereocenters. The van der Waals surface area contributed by atoms with Crippen LogP contribution in [0.1, 0.15) is 30.9 Å². The van der Waals surface area contributed by atoms with Gasteiger partial charge in [-0.25, -0.2) is 4.79 Å². The minimum Gasteiger partial charge on any atom is -0.319 e. The summed E-state index contributed by atoms with van der Waals surface area (Å²) < 4.78 is 0. The van der Waals surface area contributed by atoms with Gasteiger partial charge in [-0.15, -0.1) is 0 Å². The molecule has 118 valence electrons.